The summed E-state index contributed by atoms with van der Waals surface area (Å²) in [6.07, 6.45) is 1.77. The second kappa shape index (κ2) is 7.85. The second-order valence-electron chi connectivity index (χ2n) is 4.68. The summed E-state index contributed by atoms with van der Waals surface area (Å²) >= 11 is 0. The minimum atomic E-state index is -0.851. The van der Waals surface area contributed by atoms with Crippen molar-refractivity contribution in [3.63, 3.8) is 0 Å². The molecule has 1 aromatic carbocycles. The van der Waals surface area contributed by atoms with Gasteiger partial charge in [0.05, 0.1) is 6.61 Å². The number of halogens is 1. The number of aliphatic carboxylic acids is 1. The van der Waals surface area contributed by atoms with E-state index >= 15 is 0 Å². The topological polar surface area (TPSA) is 58.6 Å². The lowest BCUT2D eigenvalue weighted by Crippen LogP contribution is -2.51. The number of hydrogen-bond acceptors (Lipinski definition) is 3. The maximum atomic E-state index is 12.7. The van der Waals surface area contributed by atoms with Crippen molar-refractivity contribution in [3.8, 4) is 5.75 Å². The second-order valence-corrected chi connectivity index (χ2v) is 4.68. The molecule has 0 amide bonds. The third kappa shape index (κ3) is 4.49. The first-order chi connectivity index (χ1) is 9.54. The highest BCUT2D eigenvalue weighted by molar-refractivity contribution is 5.78. The Morgan fingerprint density at radius 3 is 2.40 bits per heavy atom. The van der Waals surface area contributed by atoms with E-state index in [1.807, 2.05) is 13.8 Å². The lowest BCUT2D eigenvalue weighted by Gasteiger charge is -2.28. The number of carboxylic acids is 1. The van der Waals surface area contributed by atoms with Gasteiger partial charge in [0.1, 0.15) is 17.1 Å². The van der Waals surface area contributed by atoms with E-state index in [2.05, 4.69) is 5.32 Å². The van der Waals surface area contributed by atoms with Crippen molar-refractivity contribution in [2.75, 3.05) is 13.2 Å². The summed E-state index contributed by atoms with van der Waals surface area (Å²) in [4.78, 5) is 11.3. The maximum absolute atomic E-state index is 12.7. The van der Waals surface area contributed by atoms with Crippen molar-refractivity contribution in [2.45, 2.75) is 38.6 Å². The number of carbonyl (C=O) groups is 1. The fourth-order valence-electron chi connectivity index (χ4n) is 2.00. The maximum Gasteiger partial charge on any atom is 0.323 e. The molecule has 0 unspecified atom stereocenters. The summed E-state index contributed by atoms with van der Waals surface area (Å²) in [6.45, 7) is 4.75. The molecule has 0 saturated heterocycles. The van der Waals surface area contributed by atoms with Crippen LogP contribution in [-0.4, -0.2) is 29.8 Å². The summed E-state index contributed by atoms with van der Waals surface area (Å²) in [5.74, 6) is -0.500. The van der Waals surface area contributed by atoms with E-state index in [4.69, 9.17) is 4.74 Å². The number of ether oxygens (including phenoxy) is 1. The zero-order chi connectivity index (χ0) is 15.0. The van der Waals surface area contributed by atoms with Crippen LogP contribution >= 0.6 is 0 Å². The average Bonchev–Trinajstić information content (AvgIpc) is 2.45. The number of rotatable bonds is 9. The quantitative estimate of drug-likeness (QED) is 0.684. The lowest BCUT2D eigenvalue weighted by atomic mass is 9.93. The molecular formula is C15H22FNO3. The Kier molecular flexibility index (Phi) is 6.45. The molecule has 20 heavy (non-hydrogen) atoms. The molecule has 0 aliphatic rings. The molecule has 0 atom stereocenters. The van der Waals surface area contributed by atoms with E-state index in [0.29, 0.717) is 38.2 Å². The van der Waals surface area contributed by atoms with Gasteiger partial charge in [0, 0.05) is 0 Å². The van der Waals surface area contributed by atoms with E-state index < -0.39 is 11.5 Å². The highest BCUT2D eigenvalue weighted by atomic mass is 19.1. The van der Waals surface area contributed by atoms with Crippen molar-refractivity contribution < 1.29 is 19.0 Å². The average molecular weight is 283 g/mol. The van der Waals surface area contributed by atoms with Crippen LogP contribution in [0.2, 0.25) is 0 Å². The predicted octanol–water partition coefficient (Wildman–Crippen LogP) is 2.83. The van der Waals surface area contributed by atoms with Crippen LogP contribution < -0.4 is 10.1 Å². The first-order valence-electron chi connectivity index (χ1n) is 6.91. The van der Waals surface area contributed by atoms with Crippen LogP contribution in [0, 0.1) is 5.82 Å². The van der Waals surface area contributed by atoms with Gasteiger partial charge in [-0.15, -0.1) is 0 Å². The lowest BCUT2D eigenvalue weighted by molar-refractivity contribution is -0.145. The molecule has 0 fully saturated rings. The Morgan fingerprint density at radius 1 is 1.30 bits per heavy atom. The molecular weight excluding hydrogens is 261 g/mol. The SMILES string of the molecule is CCC(CC)(NCCCOc1ccc(F)cc1)C(=O)O. The summed E-state index contributed by atoms with van der Waals surface area (Å²) in [5.41, 5.74) is -0.851. The molecule has 4 nitrogen and oxygen atoms in total. The smallest absolute Gasteiger partial charge is 0.323 e. The number of hydrogen-bond donors (Lipinski definition) is 2. The fourth-order valence-corrected chi connectivity index (χ4v) is 2.00. The first-order valence-corrected chi connectivity index (χ1v) is 6.91. The van der Waals surface area contributed by atoms with E-state index in [1.54, 1.807) is 12.1 Å². The molecule has 1 aromatic rings. The molecule has 112 valence electrons. The molecule has 0 aliphatic heterocycles. The van der Waals surface area contributed by atoms with E-state index in [9.17, 15) is 14.3 Å². The Bertz CT molecular complexity index is 416. The van der Waals surface area contributed by atoms with Crippen molar-refractivity contribution in [2.24, 2.45) is 0 Å². The van der Waals surface area contributed by atoms with E-state index in [-0.39, 0.29) is 5.82 Å². The van der Waals surface area contributed by atoms with Gasteiger partial charge in [-0.25, -0.2) is 4.39 Å². The zero-order valence-electron chi connectivity index (χ0n) is 12.0. The molecule has 1 rings (SSSR count). The van der Waals surface area contributed by atoms with Gasteiger partial charge in [-0.05, 0) is 50.1 Å². The normalized spacial score (nSPS) is 11.3. The minimum absolute atomic E-state index is 0.295. The van der Waals surface area contributed by atoms with Gasteiger partial charge >= 0.3 is 5.97 Å². The van der Waals surface area contributed by atoms with Gasteiger partial charge in [0.15, 0.2) is 0 Å². The van der Waals surface area contributed by atoms with E-state index in [1.165, 1.54) is 12.1 Å². The van der Waals surface area contributed by atoms with Crippen molar-refractivity contribution in [3.05, 3.63) is 30.1 Å². The van der Waals surface area contributed by atoms with Crippen molar-refractivity contribution in [1.82, 2.24) is 5.32 Å². The monoisotopic (exact) mass is 283 g/mol. The molecule has 0 radical (unpaired) electrons. The number of carboxylic acid groups (broad SMARTS) is 1. The van der Waals surface area contributed by atoms with Gasteiger partial charge in [0.2, 0.25) is 0 Å². The van der Waals surface area contributed by atoms with E-state index in [0.717, 1.165) is 0 Å². The van der Waals surface area contributed by atoms with Gasteiger partial charge in [0.25, 0.3) is 0 Å². The Morgan fingerprint density at radius 2 is 1.90 bits per heavy atom. The summed E-state index contributed by atoms with van der Waals surface area (Å²) in [7, 11) is 0. The number of nitrogens with one attached hydrogen (secondary N) is 1. The molecule has 0 aromatic heterocycles. The molecule has 2 N–H and O–H groups in total. The Balaban J connectivity index is 2.30. The first kappa shape index (κ1) is 16.4. The van der Waals surface area contributed by atoms with Crippen molar-refractivity contribution in [1.29, 1.82) is 0 Å². The molecule has 0 aliphatic carbocycles. The summed E-state index contributed by atoms with van der Waals surface area (Å²) in [6, 6.07) is 5.83. The van der Waals surface area contributed by atoms with Crippen LogP contribution in [0.25, 0.3) is 0 Å². The largest absolute Gasteiger partial charge is 0.494 e. The minimum Gasteiger partial charge on any atom is -0.494 e. The zero-order valence-corrected chi connectivity index (χ0v) is 12.0. The van der Waals surface area contributed by atoms with Crippen LogP contribution in [-0.2, 0) is 4.79 Å². The van der Waals surface area contributed by atoms with Gasteiger partial charge in [-0.1, -0.05) is 13.8 Å². The third-order valence-corrected chi connectivity index (χ3v) is 3.48. The van der Waals surface area contributed by atoms with Crippen LogP contribution in [0.5, 0.6) is 5.75 Å². The van der Waals surface area contributed by atoms with Gasteiger partial charge < -0.3 is 15.2 Å². The van der Waals surface area contributed by atoms with Crippen LogP contribution in [0.15, 0.2) is 24.3 Å². The fraction of sp³-hybridized carbons (Fsp3) is 0.533. The summed E-state index contributed by atoms with van der Waals surface area (Å²) < 4.78 is 18.1. The Hall–Kier alpha value is -1.62. The van der Waals surface area contributed by atoms with Crippen LogP contribution in [0.4, 0.5) is 4.39 Å². The molecule has 0 bridgehead atoms. The summed E-state index contributed by atoms with van der Waals surface area (Å²) in [5, 5.41) is 12.3. The Labute approximate surface area is 119 Å². The number of benzene rings is 1. The third-order valence-electron chi connectivity index (χ3n) is 3.48. The molecule has 5 heteroatoms. The van der Waals surface area contributed by atoms with Crippen LogP contribution in [0.3, 0.4) is 0 Å². The standard InChI is InChI=1S/C15H22FNO3/c1-3-15(4-2,14(18)19)17-10-5-11-20-13-8-6-12(16)7-9-13/h6-9,17H,3-5,10-11H2,1-2H3,(H,18,19). The van der Waals surface area contributed by atoms with Crippen LogP contribution in [0.1, 0.15) is 33.1 Å². The van der Waals surface area contributed by atoms with Gasteiger partial charge in [-0.2, -0.15) is 0 Å². The molecule has 0 saturated carbocycles. The highest BCUT2D eigenvalue weighted by Crippen LogP contribution is 2.15. The molecule has 0 spiro atoms. The van der Waals surface area contributed by atoms with Gasteiger partial charge in [-0.3, -0.25) is 4.79 Å². The highest BCUT2D eigenvalue weighted by Gasteiger charge is 2.33. The molecule has 0 heterocycles. The van der Waals surface area contributed by atoms with Crippen molar-refractivity contribution >= 4 is 5.97 Å². The predicted molar refractivity (Wildman–Crippen MR) is 75.5 cm³/mol.